The quantitative estimate of drug-likeness (QED) is 0.740. The van der Waals surface area contributed by atoms with Crippen molar-refractivity contribution in [3.8, 4) is 0 Å². The lowest BCUT2D eigenvalue weighted by Crippen LogP contribution is -2.39. The highest BCUT2D eigenvalue weighted by molar-refractivity contribution is 5.77. The van der Waals surface area contributed by atoms with Crippen LogP contribution in [0.4, 0.5) is 0 Å². The van der Waals surface area contributed by atoms with Crippen LogP contribution in [-0.4, -0.2) is 42.6 Å². The average Bonchev–Trinajstić information content (AvgIpc) is 2.19. The minimum Gasteiger partial charge on any atom is -0.366 e. The highest BCUT2D eigenvalue weighted by Crippen LogP contribution is 2.08. The van der Waals surface area contributed by atoms with E-state index in [1.165, 1.54) is 0 Å². The van der Waals surface area contributed by atoms with E-state index >= 15 is 0 Å². The van der Waals surface area contributed by atoms with Crippen molar-refractivity contribution in [3.05, 3.63) is 0 Å². The molecule has 2 N–H and O–H groups in total. The van der Waals surface area contributed by atoms with Gasteiger partial charge in [0.25, 0.3) is 0 Å². The van der Waals surface area contributed by atoms with Crippen LogP contribution in [0, 0.1) is 5.92 Å². The van der Waals surface area contributed by atoms with E-state index in [1.54, 1.807) is 0 Å². The van der Waals surface area contributed by atoms with Crippen LogP contribution in [0.2, 0.25) is 0 Å². The summed E-state index contributed by atoms with van der Waals surface area (Å²) >= 11 is 0. The Kier molecular flexibility index (Phi) is 7.39. The summed E-state index contributed by atoms with van der Waals surface area (Å²) in [7, 11) is 0. The number of hydrogen-bond donors (Lipinski definition) is 1. The zero-order valence-corrected chi connectivity index (χ0v) is 12.0. The van der Waals surface area contributed by atoms with Crippen LogP contribution < -0.4 is 5.73 Å². The normalized spacial score (nSPS) is 11.9. The van der Waals surface area contributed by atoms with E-state index in [-0.39, 0.29) is 18.1 Å². The number of amides is 1. The smallest absolute Gasteiger partial charge is 0.248 e. The van der Waals surface area contributed by atoms with Crippen LogP contribution in [-0.2, 0) is 9.53 Å². The molecule has 1 amide bonds. The van der Waals surface area contributed by atoms with Crippen molar-refractivity contribution in [2.24, 2.45) is 11.7 Å². The molecule has 4 heteroatoms. The second kappa shape index (κ2) is 7.67. The molecule has 0 aliphatic carbocycles. The second-order valence-corrected chi connectivity index (χ2v) is 5.78. The van der Waals surface area contributed by atoms with Gasteiger partial charge in [-0.15, -0.1) is 0 Å². The van der Waals surface area contributed by atoms with E-state index in [9.17, 15) is 4.79 Å². The molecule has 0 fully saturated rings. The number of rotatable bonds is 7. The van der Waals surface area contributed by atoms with Crippen molar-refractivity contribution < 1.29 is 9.53 Å². The van der Waals surface area contributed by atoms with Crippen molar-refractivity contribution in [3.63, 3.8) is 0 Å². The predicted molar refractivity (Wildman–Crippen MR) is 70.8 cm³/mol. The van der Waals surface area contributed by atoms with E-state index in [4.69, 9.17) is 10.5 Å². The molecule has 0 spiro atoms. The summed E-state index contributed by atoms with van der Waals surface area (Å²) in [5.41, 5.74) is 5.21. The molecular weight excluding hydrogens is 216 g/mol. The van der Waals surface area contributed by atoms with Crippen molar-refractivity contribution in [2.75, 3.05) is 26.2 Å². The van der Waals surface area contributed by atoms with E-state index in [1.807, 2.05) is 25.7 Å². The fraction of sp³-hybridized carbons (Fsp3) is 0.923. The zero-order valence-electron chi connectivity index (χ0n) is 12.0. The average molecular weight is 244 g/mol. The van der Waals surface area contributed by atoms with Crippen LogP contribution >= 0.6 is 0 Å². The predicted octanol–water partition coefficient (Wildman–Crippen LogP) is 1.63. The maximum absolute atomic E-state index is 12.0. The van der Waals surface area contributed by atoms with E-state index in [2.05, 4.69) is 13.8 Å². The van der Waals surface area contributed by atoms with Gasteiger partial charge in [-0.25, -0.2) is 0 Å². The van der Waals surface area contributed by atoms with Crippen LogP contribution in [0.1, 0.15) is 41.0 Å². The molecule has 0 aromatic carbocycles. The van der Waals surface area contributed by atoms with Gasteiger partial charge in [-0.2, -0.15) is 0 Å². The Hall–Kier alpha value is -0.610. The molecule has 0 aliphatic rings. The summed E-state index contributed by atoms with van der Waals surface area (Å²) in [4.78, 5) is 13.8. The SMILES string of the molecule is CC(C)CN(CCCN)C(=O)COC(C)(C)C. The van der Waals surface area contributed by atoms with Gasteiger partial charge >= 0.3 is 0 Å². The summed E-state index contributed by atoms with van der Waals surface area (Å²) in [6.07, 6.45) is 0.841. The van der Waals surface area contributed by atoms with Gasteiger partial charge in [-0.1, -0.05) is 13.8 Å². The molecule has 0 aliphatic heterocycles. The van der Waals surface area contributed by atoms with E-state index < -0.39 is 0 Å². The lowest BCUT2D eigenvalue weighted by atomic mass is 10.2. The summed E-state index contributed by atoms with van der Waals surface area (Å²) in [5.74, 6) is 0.522. The number of carbonyl (C=O) groups excluding carboxylic acids is 1. The third kappa shape index (κ3) is 9.12. The molecular formula is C13H28N2O2. The molecule has 0 heterocycles. The number of nitrogens with zero attached hydrogens (tertiary/aromatic N) is 1. The standard InChI is InChI=1S/C13H28N2O2/c1-11(2)9-15(8-6-7-14)12(16)10-17-13(3,4)5/h11H,6-10,14H2,1-5H3. The van der Waals surface area contributed by atoms with Crippen molar-refractivity contribution in [1.82, 2.24) is 4.90 Å². The first-order valence-corrected chi connectivity index (χ1v) is 6.38. The molecule has 0 atom stereocenters. The summed E-state index contributed by atoms with van der Waals surface area (Å²) < 4.78 is 5.51. The fourth-order valence-electron chi connectivity index (χ4n) is 1.41. The highest BCUT2D eigenvalue weighted by atomic mass is 16.5. The minimum absolute atomic E-state index is 0.0575. The van der Waals surface area contributed by atoms with Gasteiger partial charge in [-0.05, 0) is 39.7 Å². The Morgan fingerprint density at radius 1 is 1.35 bits per heavy atom. The van der Waals surface area contributed by atoms with Gasteiger partial charge in [0.1, 0.15) is 6.61 Å². The Bertz CT molecular complexity index is 222. The molecule has 17 heavy (non-hydrogen) atoms. The monoisotopic (exact) mass is 244 g/mol. The number of hydrogen-bond acceptors (Lipinski definition) is 3. The van der Waals surface area contributed by atoms with Gasteiger partial charge in [0.05, 0.1) is 5.60 Å². The van der Waals surface area contributed by atoms with Crippen molar-refractivity contribution in [1.29, 1.82) is 0 Å². The minimum atomic E-state index is -0.271. The Balaban J connectivity index is 4.21. The first-order valence-electron chi connectivity index (χ1n) is 6.38. The Labute approximate surface area is 105 Å². The number of ether oxygens (including phenoxy) is 1. The third-order valence-corrected chi connectivity index (χ3v) is 2.20. The number of nitrogens with two attached hydrogens (primary N) is 1. The van der Waals surface area contributed by atoms with Crippen LogP contribution in [0.25, 0.3) is 0 Å². The molecule has 0 rings (SSSR count). The summed E-state index contributed by atoms with van der Waals surface area (Å²) in [6.45, 7) is 12.3. The largest absolute Gasteiger partial charge is 0.366 e. The summed E-state index contributed by atoms with van der Waals surface area (Å²) in [6, 6.07) is 0. The van der Waals surface area contributed by atoms with Crippen LogP contribution in [0.5, 0.6) is 0 Å². The second-order valence-electron chi connectivity index (χ2n) is 5.78. The fourth-order valence-corrected chi connectivity index (χ4v) is 1.41. The van der Waals surface area contributed by atoms with Gasteiger partial charge in [0, 0.05) is 13.1 Å². The topological polar surface area (TPSA) is 55.6 Å². The molecule has 0 saturated heterocycles. The molecule has 4 nitrogen and oxygen atoms in total. The molecule has 0 unspecified atom stereocenters. The molecule has 0 bridgehead atoms. The molecule has 0 aromatic rings. The van der Waals surface area contributed by atoms with Gasteiger partial charge in [-0.3, -0.25) is 4.79 Å². The van der Waals surface area contributed by atoms with E-state index in [0.29, 0.717) is 12.5 Å². The zero-order chi connectivity index (χ0) is 13.5. The molecule has 0 aromatic heterocycles. The number of carbonyl (C=O) groups is 1. The molecule has 0 radical (unpaired) electrons. The Morgan fingerprint density at radius 3 is 2.35 bits per heavy atom. The lowest BCUT2D eigenvalue weighted by molar-refractivity contribution is -0.141. The first-order chi connectivity index (χ1) is 7.76. The highest BCUT2D eigenvalue weighted by Gasteiger charge is 2.18. The molecule has 0 saturated carbocycles. The van der Waals surface area contributed by atoms with Crippen LogP contribution in [0.15, 0.2) is 0 Å². The molecule has 102 valence electrons. The van der Waals surface area contributed by atoms with Gasteiger partial charge < -0.3 is 15.4 Å². The third-order valence-electron chi connectivity index (χ3n) is 2.20. The van der Waals surface area contributed by atoms with Crippen molar-refractivity contribution >= 4 is 5.91 Å². The van der Waals surface area contributed by atoms with E-state index in [0.717, 1.165) is 19.5 Å². The van der Waals surface area contributed by atoms with Gasteiger partial charge in [0.15, 0.2) is 0 Å². The van der Waals surface area contributed by atoms with Gasteiger partial charge in [0.2, 0.25) is 5.91 Å². The summed E-state index contributed by atoms with van der Waals surface area (Å²) in [5, 5.41) is 0. The van der Waals surface area contributed by atoms with Crippen molar-refractivity contribution in [2.45, 2.75) is 46.6 Å². The first kappa shape index (κ1) is 16.4. The maximum atomic E-state index is 12.0. The maximum Gasteiger partial charge on any atom is 0.248 e. The Morgan fingerprint density at radius 2 is 1.94 bits per heavy atom. The lowest BCUT2D eigenvalue weighted by Gasteiger charge is -2.26. The van der Waals surface area contributed by atoms with Crippen LogP contribution in [0.3, 0.4) is 0 Å².